The SMILES string of the molecule is CCCn1c(S[C@H](C)C(=O)NCc2ccccc2)n[nH]c1=O. The topological polar surface area (TPSA) is 79.8 Å². The summed E-state index contributed by atoms with van der Waals surface area (Å²) in [5.74, 6) is -0.0765. The monoisotopic (exact) mass is 320 g/mol. The zero-order chi connectivity index (χ0) is 15.9. The van der Waals surface area contributed by atoms with Gasteiger partial charge in [-0.3, -0.25) is 9.36 Å². The highest BCUT2D eigenvalue weighted by Gasteiger charge is 2.18. The first kappa shape index (κ1) is 16.4. The first-order chi connectivity index (χ1) is 10.6. The number of carbonyl (C=O) groups is 1. The second-order valence-corrected chi connectivity index (χ2v) is 6.23. The van der Waals surface area contributed by atoms with E-state index in [4.69, 9.17) is 0 Å². The molecular formula is C15H20N4O2S. The smallest absolute Gasteiger partial charge is 0.343 e. The summed E-state index contributed by atoms with van der Waals surface area (Å²) < 4.78 is 1.56. The molecule has 1 heterocycles. The van der Waals surface area contributed by atoms with Gasteiger partial charge in [0.25, 0.3) is 0 Å². The zero-order valence-corrected chi connectivity index (χ0v) is 13.5. The van der Waals surface area contributed by atoms with Crippen molar-refractivity contribution >= 4 is 17.7 Å². The van der Waals surface area contributed by atoms with Crippen LogP contribution in [0.4, 0.5) is 0 Å². The van der Waals surface area contributed by atoms with Gasteiger partial charge in [0, 0.05) is 13.1 Å². The Balaban J connectivity index is 1.92. The van der Waals surface area contributed by atoms with Crippen LogP contribution in [0.5, 0.6) is 0 Å². The molecule has 1 amide bonds. The van der Waals surface area contributed by atoms with Crippen LogP contribution in [0, 0.1) is 0 Å². The average molecular weight is 320 g/mol. The molecule has 1 aromatic carbocycles. The molecule has 0 spiro atoms. The molecule has 1 aromatic heterocycles. The molecular weight excluding hydrogens is 300 g/mol. The summed E-state index contributed by atoms with van der Waals surface area (Å²) in [6.07, 6.45) is 0.835. The normalized spacial score (nSPS) is 12.1. The number of nitrogens with one attached hydrogen (secondary N) is 2. The third-order valence-corrected chi connectivity index (χ3v) is 4.22. The molecule has 0 radical (unpaired) electrons. The summed E-state index contributed by atoms with van der Waals surface area (Å²) in [6, 6.07) is 9.74. The molecule has 118 valence electrons. The van der Waals surface area contributed by atoms with Gasteiger partial charge in [-0.05, 0) is 18.9 Å². The second kappa shape index (κ2) is 7.84. The van der Waals surface area contributed by atoms with Crippen molar-refractivity contribution in [2.75, 3.05) is 0 Å². The van der Waals surface area contributed by atoms with Crippen LogP contribution >= 0.6 is 11.8 Å². The number of H-pyrrole nitrogens is 1. The van der Waals surface area contributed by atoms with Crippen LogP contribution in [0.2, 0.25) is 0 Å². The molecule has 6 nitrogen and oxygen atoms in total. The van der Waals surface area contributed by atoms with E-state index in [1.165, 1.54) is 11.8 Å². The van der Waals surface area contributed by atoms with E-state index in [-0.39, 0.29) is 16.8 Å². The Kier molecular flexibility index (Phi) is 5.83. The minimum Gasteiger partial charge on any atom is -0.351 e. The van der Waals surface area contributed by atoms with E-state index >= 15 is 0 Å². The lowest BCUT2D eigenvalue weighted by molar-refractivity contribution is -0.120. The molecule has 1 atom stereocenters. The van der Waals surface area contributed by atoms with Gasteiger partial charge < -0.3 is 5.32 Å². The van der Waals surface area contributed by atoms with Crippen molar-refractivity contribution in [1.29, 1.82) is 0 Å². The molecule has 0 saturated heterocycles. The van der Waals surface area contributed by atoms with Gasteiger partial charge in [0.05, 0.1) is 5.25 Å². The van der Waals surface area contributed by atoms with Gasteiger partial charge in [0.15, 0.2) is 5.16 Å². The van der Waals surface area contributed by atoms with Crippen LogP contribution in [0.1, 0.15) is 25.8 Å². The molecule has 0 aliphatic carbocycles. The molecule has 0 bridgehead atoms. The standard InChI is InChI=1S/C15H20N4O2S/c1-3-9-19-14(21)17-18-15(19)22-11(2)13(20)16-10-12-7-5-4-6-8-12/h4-8,11H,3,9-10H2,1-2H3,(H,16,20)(H,17,21)/t11-/m1/s1. The van der Waals surface area contributed by atoms with E-state index < -0.39 is 0 Å². The van der Waals surface area contributed by atoms with Gasteiger partial charge in [0.2, 0.25) is 5.91 Å². The van der Waals surface area contributed by atoms with E-state index in [9.17, 15) is 9.59 Å². The Morgan fingerprint density at radius 3 is 2.82 bits per heavy atom. The van der Waals surface area contributed by atoms with Crippen molar-refractivity contribution in [3.63, 3.8) is 0 Å². The number of carbonyl (C=O) groups excluding carboxylic acids is 1. The van der Waals surface area contributed by atoms with Crippen molar-refractivity contribution < 1.29 is 4.79 Å². The van der Waals surface area contributed by atoms with Crippen LogP contribution in [-0.2, 0) is 17.9 Å². The summed E-state index contributed by atoms with van der Waals surface area (Å²) in [5, 5.41) is 9.53. The number of rotatable bonds is 7. The molecule has 2 aromatic rings. The molecule has 0 unspecified atom stereocenters. The molecule has 0 aliphatic rings. The summed E-state index contributed by atoms with van der Waals surface area (Å²) in [4.78, 5) is 23.8. The van der Waals surface area contributed by atoms with Crippen LogP contribution < -0.4 is 11.0 Å². The van der Waals surface area contributed by atoms with E-state index in [0.717, 1.165) is 12.0 Å². The van der Waals surface area contributed by atoms with Gasteiger partial charge in [-0.25, -0.2) is 9.89 Å². The Morgan fingerprint density at radius 2 is 2.14 bits per heavy atom. The number of nitrogens with zero attached hydrogens (tertiary/aromatic N) is 2. The van der Waals surface area contributed by atoms with Crippen molar-refractivity contribution in [2.24, 2.45) is 0 Å². The fourth-order valence-electron chi connectivity index (χ4n) is 1.95. The minimum absolute atomic E-state index is 0.0765. The van der Waals surface area contributed by atoms with Gasteiger partial charge >= 0.3 is 5.69 Å². The van der Waals surface area contributed by atoms with Gasteiger partial charge in [0.1, 0.15) is 0 Å². The Labute approximate surface area is 133 Å². The second-order valence-electron chi connectivity index (χ2n) is 4.93. The van der Waals surface area contributed by atoms with E-state index in [0.29, 0.717) is 18.2 Å². The third kappa shape index (κ3) is 4.24. The van der Waals surface area contributed by atoms with Gasteiger partial charge in [-0.1, -0.05) is 49.0 Å². The van der Waals surface area contributed by atoms with Crippen molar-refractivity contribution in [3.8, 4) is 0 Å². The third-order valence-electron chi connectivity index (χ3n) is 3.13. The molecule has 22 heavy (non-hydrogen) atoms. The van der Waals surface area contributed by atoms with Crippen molar-refractivity contribution in [1.82, 2.24) is 20.1 Å². The van der Waals surface area contributed by atoms with Crippen molar-refractivity contribution in [3.05, 3.63) is 46.4 Å². The maximum atomic E-state index is 12.1. The number of hydrogen-bond acceptors (Lipinski definition) is 4. The number of benzene rings is 1. The average Bonchev–Trinajstić information content (AvgIpc) is 2.87. The maximum Gasteiger partial charge on any atom is 0.343 e. The summed E-state index contributed by atoms with van der Waals surface area (Å²) in [5.41, 5.74) is 0.817. The minimum atomic E-state index is -0.325. The zero-order valence-electron chi connectivity index (χ0n) is 12.7. The van der Waals surface area contributed by atoms with Crippen molar-refractivity contribution in [2.45, 2.75) is 43.8 Å². The van der Waals surface area contributed by atoms with Crippen LogP contribution in [0.25, 0.3) is 0 Å². The maximum absolute atomic E-state index is 12.1. The fraction of sp³-hybridized carbons (Fsp3) is 0.400. The molecule has 0 saturated carbocycles. The first-order valence-corrected chi connectivity index (χ1v) is 8.13. The van der Waals surface area contributed by atoms with E-state index in [1.54, 1.807) is 11.5 Å². The van der Waals surface area contributed by atoms with E-state index in [1.807, 2.05) is 37.3 Å². The fourth-order valence-corrected chi connectivity index (χ4v) is 2.86. The highest BCUT2D eigenvalue weighted by Crippen LogP contribution is 2.20. The lowest BCUT2D eigenvalue weighted by atomic mass is 10.2. The molecule has 2 N–H and O–H groups in total. The number of aromatic amines is 1. The number of hydrogen-bond donors (Lipinski definition) is 2. The highest BCUT2D eigenvalue weighted by atomic mass is 32.2. The largest absolute Gasteiger partial charge is 0.351 e. The van der Waals surface area contributed by atoms with Crippen LogP contribution in [-0.4, -0.2) is 25.9 Å². The highest BCUT2D eigenvalue weighted by molar-refractivity contribution is 8.00. The molecule has 2 rings (SSSR count). The van der Waals surface area contributed by atoms with Gasteiger partial charge in [-0.15, -0.1) is 5.10 Å². The lowest BCUT2D eigenvalue weighted by Gasteiger charge is -2.12. The number of aromatic nitrogens is 3. The molecule has 7 heteroatoms. The lowest BCUT2D eigenvalue weighted by Crippen LogP contribution is -2.30. The Hall–Kier alpha value is -2.02. The molecule has 0 fully saturated rings. The number of thioether (sulfide) groups is 1. The Bertz CT molecular complexity index is 666. The predicted molar refractivity (Wildman–Crippen MR) is 86.7 cm³/mol. The number of amides is 1. The quantitative estimate of drug-likeness (QED) is 0.762. The van der Waals surface area contributed by atoms with E-state index in [2.05, 4.69) is 15.5 Å². The van der Waals surface area contributed by atoms with Gasteiger partial charge in [-0.2, -0.15) is 0 Å². The summed E-state index contributed by atoms with van der Waals surface area (Å²) in [7, 11) is 0. The molecule has 0 aliphatic heterocycles. The first-order valence-electron chi connectivity index (χ1n) is 7.25. The van der Waals surface area contributed by atoms with Crippen LogP contribution in [0.3, 0.4) is 0 Å². The summed E-state index contributed by atoms with van der Waals surface area (Å²) >= 11 is 1.28. The predicted octanol–water partition coefficient (Wildman–Crippen LogP) is 1.78. The Morgan fingerprint density at radius 1 is 1.41 bits per heavy atom. The van der Waals surface area contributed by atoms with Crippen LogP contribution in [0.15, 0.2) is 40.3 Å². The summed E-state index contributed by atoms with van der Waals surface area (Å²) in [6.45, 7) is 4.88.